The normalized spacial score (nSPS) is 11.1. The largest absolute Gasteiger partial charge is 0.373 e. The minimum absolute atomic E-state index is 0.0530. The molecule has 0 aliphatic heterocycles. The number of hydrogen-bond donors (Lipinski definition) is 2. The van der Waals surface area contributed by atoms with Gasteiger partial charge in [0, 0.05) is 19.4 Å². The van der Waals surface area contributed by atoms with Crippen molar-refractivity contribution in [1.82, 2.24) is 9.97 Å². The number of halogens is 1. The zero-order valence-corrected chi connectivity index (χ0v) is 10.8. The van der Waals surface area contributed by atoms with E-state index in [0.717, 1.165) is 6.20 Å². The molecule has 100 valence electrons. The third-order valence-electron chi connectivity index (χ3n) is 2.32. The van der Waals surface area contributed by atoms with Crippen LogP contribution < -0.4 is 10.0 Å². The van der Waals surface area contributed by atoms with E-state index < -0.39 is 15.8 Å². The van der Waals surface area contributed by atoms with Gasteiger partial charge in [-0.25, -0.2) is 17.8 Å². The second-order valence-electron chi connectivity index (χ2n) is 3.59. The van der Waals surface area contributed by atoms with Gasteiger partial charge in [0.05, 0.1) is 11.9 Å². The minimum Gasteiger partial charge on any atom is -0.373 e. The highest BCUT2D eigenvalue weighted by atomic mass is 32.2. The van der Waals surface area contributed by atoms with Crippen LogP contribution in [0.5, 0.6) is 0 Å². The van der Waals surface area contributed by atoms with E-state index in [1.807, 2.05) is 0 Å². The molecule has 0 atom stereocenters. The fourth-order valence-corrected chi connectivity index (χ4v) is 2.36. The van der Waals surface area contributed by atoms with Crippen LogP contribution in [0.1, 0.15) is 0 Å². The summed E-state index contributed by atoms with van der Waals surface area (Å²) in [6, 6.07) is 4.13. The number of rotatable bonds is 4. The van der Waals surface area contributed by atoms with Crippen molar-refractivity contribution in [3.05, 3.63) is 42.6 Å². The van der Waals surface area contributed by atoms with Crippen LogP contribution in [0, 0.1) is 5.82 Å². The van der Waals surface area contributed by atoms with Gasteiger partial charge in [-0.3, -0.25) is 9.71 Å². The molecule has 0 unspecified atom stereocenters. The topological polar surface area (TPSA) is 84.0 Å². The molecule has 0 aliphatic rings. The minimum atomic E-state index is -3.87. The van der Waals surface area contributed by atoms with E-state index >= 15 is 0 Å². The number of anilines is 2. The highest BCUT2D eigenvalue weighted by molar-refractivity contribution is 7.92. The van der Waals surface area contributed by atoms with Gasteiger partial charge in [0.25, 0.3) is 10.0 Å². The first-order chi connectivity index (χ1) is 9.03. The predicted molar refractivity (Wildman–Crippen MR) is 68.8 cm³/mol. The van der Waals surface area contributed by atoms with Crippen LogP contribution in [0.4, 0.5) is 15.9 Å². The summed E-state index contributed by atoms with van der Waals surface area (Å²) in [5, 5.41) is 2.77. The Morgan fingerprint density at radius 3 is 2.58 bits per heavy atom. The third kappa shape index (κ3) is 2.97. The van der Waals surface area contributed by atoms with Gasteiger partial charge in [0.2, 0.25) is 0 Å². The van der Waals surface area contributed by atoms with Crippen molar-refractivity contribution in [1.29, 1.82) is 0 Å². The van der Waals surface area contributed by atoms with Crippen LogP contribution in [0.2, 0.25) is 0 Å². The Bertz CT molecular complexity index is 673. The van der Waals surface area contributed by atoms with Crippen LogP contribution >= 0.6 is 0 Å². The predicted octanol–water partition coefficient (Wildman–Crippen LogP) is 1.46. The van der Waals surface area contributed by atoms with Gasteiger partial charge in [-0.1, -0.05) is 0 Å². The molecule has 2 aromatic heterocycles. The quantitative estimate of drug-likeness (QED) is 0.887. The monoisotopic (exact) mass is 282 g/mol. The number of nitrogens with one attached hydrogen (secondary N) is 2. The van der Waals surface area contributed by atoms with Crippen molar-refractivity contribution in [2.75, 3.05) is 17.1 Å². The first kappa shape index (κ1) is 13.2. The summed E-state index contributed by atoms with van der Waals surface area (Å²) in [6.45, 7) is 0. The summed E-state index contributed by atoms with van der Waals surface area (Å²) in [4.78, 5) is 7.38. The van der Waals surface area contributed by atoms with Crippen molar-refractivity contribution in [2.24, 2.45) is 0 Å². The summed E-state index contributed by atoms with van der Waals surface area (Å²) < 4.78 is 39.5. The molecule has 2 rings (SSSR count). The summed E-state index contributed by atoms with van der Waals surface area (Å²) in [7, 11) is -2.20. The molecule has 0 aliphatic carbocycles. The molecule has 2 aromatic rings. The van der Waals surface area contributed by atoms with Gasteiger partial charge in [0.15, 0.2) is 5.82 Å². The maximum atomic E-state index is 13.3. The van der Waals surface area contributed by atoms with E-state index in [4.69, 9.17) is 0 Å². The Morgan fingerprint density at radius 1 is 1.21 bits per heavy atom. The molecule has 0 amide bonds. The van der Waals surface area contributed by atoms with E-state index in [1.165, 1.54) is 30.6 Å². The number of hydrogen-bond acceptors (Lipinski definition) is 5. The fourth-order valence-electron chi connectivity index (χ4n) is 1.35. The van der Waals surface area contributed by atoms with E-state index in [9.17, 15) is 12.8 Å². The van der Waals surface area contributed by atoms with E-state index in [2.05, 4.69) is 20.0 Å². The maximum absolute atomic E-state index is 13.3. The number of nitrogens with zero attached hydrogens (tertiary/aromatic N) is 2. The Morgan fingerprint density at radius 2 is 2.00 bits per heavy atom. The van der Waals surface area contributed by atoms with Gasteiger partial charge >= 0.3 is 0 Å². The molecule has 0 saturated carbocycles. The van der Waals surface area contributed by atoms with Gasteiger partial charge in [-0.2, -0.15) is 0 Å². The molecular weight excluding hydrogens is 271 g/mol. The van der Waals surface area contributed by atoms with Gasteiger partial charge in [0.1, 0.15) is 10.7 Å². The first-order valence-corrected chi connectivity index (χ1v) is 6.77. The van der Waals surface area contributed by atoms with Gasteiger partial charge in [-0.15, -0.1) is 0 Å². The van der Waals surface area contributed by atoms with E-state index in [0.29, 0.717) is 5.82 Å². The Labute approximate surface area is 109 Å². The Hall–Kier alpha value is -2.22. The fraction of sp³-hybridized carbons (Fsp3) is 0.0909. The van der Waals surface area contributed by atoms with Crippen molar-refractivity contribution >= 4 is 21.5 Å². The smallest absolute Gasteiger partial charge is 0.263 e. The second-order valence-corrected chi connectivity index (χ2v) is 5.27. The van der Waals surface area contributed by atoms with Crippen molar-refractivity contribution in [3.63, 3.8) is 0 Å². The summed E-state index contributed by atoms with van der Waals surface area (Å²) >= 11 is 0. The highest BCUT2D eigenvalue weighted by Crippen LogP contribution is 2.18. The third-order valence-corrected chi connectivity index (χ3v) is 3.67. The summed E-state index contributed by atoms with van der Waals surface area (Å²) in [5.41, 5.74) is -0.160. The molecule has 0 radical (unpaired) electrons. The zero-order valence-electron chi connectivity index (χ0n) is 9.96. The van der Waals surface area contributed by atoms with Crippen molar-refractivity contribution < 1.29 is 12.8 Å². The lowest BCUT2D eigenvalue weighted by molar-refractivity contribution is 0.597. The molecule has 2 N–H and O–H groups in total. The van der Waals surface area contributed by atoms with E-state index in [1.54, 1.807) is 7.05 Å². The lowest BCUT2D eigenvalue weighted by Gasteiger charge is -2.08. The van der Waals surface area contributed by atoms with Crippen LogP contribution in [0.15, 0.2) is 41.7 Å². The van der Waals surface area contributed by atoms with Crippen molar-refractivity contribution in [3.8, 4) is 0 Å². The van der Waals surface area contributed by atoms with Gasteiger partial charge in [-0.05, 0) is 18.2 Å². The highest BCUT2D eigenvalue weighted by Gasteiger charge is 2.16. The molecular formula is C11H11FN4O2S. The van der Waals surface area contributed by atoms with Crippen LogP contribution in [-0.2, 0) is 10.0 Å². The SMILES string of the molecule is CNc1ccc(S(=O)(=O)Nc2ccncc2F)cn1. The Kier molecular flexibility index (Phi) is 3.61. The van der Waals surface area contributed by atoms with Crippen LogP contribution in [-0.4, -0.2) is 25.4 Å². The van der Waals surface area contributed by atoms with Gasteiger partial charge < -0.3 is 5.32 Å². The van der Waals surface area contributed by atoms with Crippen molar-refractivity contribution in [2.45, 2.75) is 4.90 Å². The molecule has 0 fully saturated rings. The second kappa shape index (κ2) is 5.19. The average molecular weight is 282 g/mol. The molecule has 19 heavy (non-hydrogen) atoms. The summed E-state index contributed by atoms with van der Waals surface area (Å²) in [5.74, 6) is -0.208. The summed E-state index contributed by atoms with van der Waals surface area (Å²) in [6.07, 6.45) is 3.41. The molecule has 0 spiro atoms. The number of sulfonamides is 1. The molecule has 0 bridgehead atoms. The number of aromatic nitrogens is 2. The number of pyridine rings is 2. The van der Waals surface area contributed by atoms with Crippen LogP contribution in [0.25, 0.3) is 0 Å². The first-order valence-electron chi connectivity index (χ1n) is 5.29. The van der Waals surface area contributed by atoms with Crippen LogP contribution in [0.3, 0.4) is 0 Å². The molecule has 6 nitrogen and oxygen atoms in total. The Balaban J connectivity index is 2.30. The molecule has 8 heteroatoms. The molecule has 0 aromatic carbocycles. The standard InChI is InChI=1S/C11H11FN4O2S/c1-13-11-3-2-8(6-15-11)19(17,18)16-10-4-5-14-7-9(10)12/h2-7H,1H3,(H,13,15)(H,14,16). The molecule has 0 saturated heterocycles. The maximum Gasteiger partial charge on any atom is 0.263 e. The lowest BCUT2D eigenvalue weighted by atomic mass is 10.4. The lowest BCUT2D eigenvalue weighted by Crippen LogP contribution is -2.14. The average Bonchev–Trinajstić information content (AvgIpc) is 2.41. The molecule has 2 heterocycles. The zero-order chi connectivity index (χ0) is 13.9. The van der Waals surface area contributed by atoms with E-state index in [-0.39, 0.29) is 10.6 Å².